The van der Waals surface area contributed by atoms with Crippen molar-refractivity contribution in [2.75, 3.05) is 21.3 Å². The lowest BCUT2D eigenvalue weighted by atomic mass is 10.2. The van der Waals surface area contributed by atoms with E-state index in [1.54, 1.807) is 12.1 Å². The standard InChI is InChI=1S/C10H12O5/c1-12-7-4-5-9(15-14-3)8(6-7)10(11)13-2/h4-6H,1-3H3. The van der Waals surface area contributed by atoms with Crippen LogP contribution in [0.4, 0.5) is 0 Å². The molecule has 0 saturated heterocycles. The van der Waals surface area contributed by atoms with Crippen molar-refractivity contribution in [2.24, 2.45) is 0 Å². The van der Waals surface area contributed by atoms with Gasteiger partial charge in [-0.3, -0.25) is 0 Å². The molecule has 1 aromatic carbocycles. The molecule has 5 nitrogen and oxygen atoms in total. The molecule has 0 radical (unpaired) electrons. The van der Waals surface area contributed by atoms with E-state index in [0.29, 0.717) is 5.75 Å². The second-order valence-corrected chi connectivity index (χ2v) is 2.60. The summed E-state index contributed by atoms with van der Waals surface area (Å²) >= 11 is 0. The first-order chi connectivity index (χ1) is 7.22. The Balaban J connectivity index is 3.10. The first kappa shape index (κ1) is 11.3. The molecule has 0 fully saturated rings. The topological polar surface area (TPSA) is 54.0 Å². The second-order valence-electron chi connectivity index (χ2n) is 2.60. The Bertz CT molecular complexity index is 348. The van der Waals surface area contributed by atoms with Crippen LogP contribution in [0.1, 0.15) is 10.4 Å². The molecule has 0 aromatic heterocycles. The van der Waals surface area contributed by atoms with Gasteiger partial charge >= 0.3 is 5.97 Å². The highest BCUT2D eigenvalue weighted by Gasteiger charge is 2.15. The molecule has 0 aliphatic heterocycles. The zero-order valence-corrected chi connectivity index (χ0v) is 8.77. The predicted molar refractivity (Wildman–Crippen MR) is 52.0 cm³/mol. The number of carbonyl (C=O) groups excluding carboxylic acids is 1. The monoisotopic (exact) mass is 212 g/mol. The van der Waals surface area contributed by atoms with Gasteiger partial charge in [-0.2, -0.15) is 4.89 Å². The first-order valence-corrected chi connectivity index (χ1v) is 4.20. The van der Waals surface area contributed by atoms with Crippen LogP contribution in [-0.4, -0.2) is 27.3 Å². The van der Waals surface area contributed by atoms with Crippen LogP contribution >= 0.6 is 0 Å². The van der Waals surface area contributed by atoms with Crippen molar-refractivity contribution < 1.29 is 24.0 Å². The van der Waals surface area contributed by atoms with Crippen molar-refractivity contribution in [3.63, 3.8) is 0 Å². The van der Waals surface area contributed by atoms with Crippen molar-refractivity contribution in [3.05, 3.63) is 23.8 Å². The number of carbonyl (C=O) groups is 1. The third-order valence-electron chi connectivity index (χ3n) is 1.77. The minimum Gasteiger partial charge on any atom is -0.497 e. The fourth-order valence-electron chi connectivity index (χ4n) is 1.07. The van der Waals surface area contributed by atoms with Gasteiger partial charge in [0.1, 0.15) is 11.3 Å². The maximum Gasteiger partial charge on any atom is 0.341 e. The summed E-state index contributed by atoms with van der Waals surface area (Å²) in [6.07, 6.45) is 0. The molecule has 1 rings (SSSR count). The Morgan fingerprint density at radius 1 is 1.20 bits per heavy atom. The zero-order chi connectivity index (χ0) is 11.3. The second kappa shape index (κ2) is 5.21. The lowest BCUT2D eigenvalue weighted by molar-refractivity contribution is -0.178. The summed E-state index contributed by atoms with van der Waals surface area (Å²) in [5, 5.41) is 0. The van der Waals surface area contributed by atoms with E-state index in [0.717, 1.165) is 0 Å². The summed E-state index contributed by atoms with van der Waals surface area (Å²) in [5.74, 6) is 0.310. The first-order valence-electron chi connectivity index (χ1n) is 4.20. The van der Waals surface area contributed by atoms with Crippen LogP contribution in [0, 0.1) is 0 Å². The number of methoxy groups -OCH3 is 2. The van der Waals surface area contributed by atoms with E-state index >= 15 is 0 Å². The highest BCUT2D eigenvalue weighted by atomic mass is 17.2. The Kier molecular flexibility index (Phi) is 3.93. The lowest BCUT2D eigenvalue weighted by Crippen LogP contribution is -2.05. The van der Waals surface area contributed by atoms with Gasteiger partial charge < -0.3 is 14.4 Å². The smallest absolute Gasteiger partial charge is 0.341 e. The highest BCUT2D eigenvalue weighted by Crippen LogP contribution is 2.24. The summed E-state index contributed by atoms with van der Waals surface area (Å²) in [6.45, 7) is 0. The van der Waals surface area contributed by atoms with Gasteiger partial charge in [0.15, 0.2) is 5.75 Å². The van der Waals surface area contributed by atoms with Crippen LogP contribution in [0.2, 0.25) is 0 Å². The molecule has 0 amide bonds. The minimum absolute atomic E-state index is 0.249. The molecule has 0 spiro atoms. The summed E-state index contributed by atoms with van der Waals surface area (Å²) in [5.41, 5.74) is 0.249. The molecular formula is C10H12O5. The fourth-order valence-corrected chi connectivity index (χ4v) is 1.07. The molecular weight excluding hydrogens is 200 g/mol. The van der Waals surface area contributed by atoms with Crippen LogP contribution in [0.5, 0.6) is 11.5 Å². The van der Waals surface area contributed by atoms with Crippen molar-refractivity contribution in [3.8, 4) is 11.5 Å². The van der Waals surface area contributed by atoms with Gasteiger partial charge in [0.25, 0.3) is 0 Å². The molecule has 0 atom stereocenters. The third-order valence-corrected chi connectivity index (χ3v) is 1.77. The Hall–Kier alpha value is -1.75. The van der Waals surface area contributed by atoms with Crippen LogP contribution < -0.4 is 9.62 Å². The van der Waals surface area contributed by atoms with Crippen molar-refractivity contribution in [1.29, 1.82) is 0 Å². The van der Waals surface area contributed by atoms with E-state index in [4.69, 9.17) is 9.62 Å². The Labute approximate surface area is 87.4 Å². The Morgan fingerprint density at radius 3 is 2.47 bits per heavy atom. The number of esters is 1. The summed E-state index contributed by atoms with van der Waals surface area (Å²) < 4.78 is 9.57. The molecule has 0 unspecified atom stereocenters. The molecule has 15 heavy (non-hydrogen) atoms. The predicted octanol–water partition coefficient (Wildman–Crippen LogP) is 1.42. The average molecular weight is 212 g/mol. The number of hydrogen-bond acceptors (Lipinski definition) is 5. The molecule has 1 aromatic rings. The fraction of sp³-hybridized carbons (Fsp3) is 0.300. The van der Waals surface area contributed by atoms with E-state index in [9.17, 15) is 4.79 Å². The van der Waals surface area contributed by atoms with E-state index in [-0.39, 0.29) is 11.3 Å². The van der Waals surface area contributed by atoms with Gasteiger partial charge in [0, 0.05) is 0 Å². The van der Waals surface area contributed by atoms with Gasteiger partial charge in [-0.25, -0.2) is 4.79 Å². The lowest BCUT2D eigenvalue weighted by Gasteiger charge is -2.08. The summed E-state index contributed by atoms with van der Waals surface area (Å²) in [4.78, 5) is 20.7. The van der Waals surface area contributed by atoms with E-state index in [1.165, 1.54) is 27.4 Å². The largest absolute Gasteiger partial charge is 0.497 e. The SMILES string of the molecule is COOc1ccc(OC)cc1C(=O)OC. The molecule has 0 saturated carbocycles. The number of benzene rings is 1. The van der Waals surface area contributed by atoms with Crippen LogP contribution in [0.25, 0.3) is 0 Å². The van der Waals surface area contributed by atoms with Crippen LogP contribution in [-0.2, 0) is 9.62 Å². The highest BCUT2D eigenvalue weighted by molar-refractivity contribution is 5.92. The summed E-state index contributed by atoms with van der Waals surface area (Å²) in [6, 6.07) is 4.73. The Morgan fingerprint density at radius 2 is 1.93 bits per heavy atom. The number of hydrogen-bond donors (Lipinski definition) is 0. The minimum atomic E-state index is -0.513. The molecule has 0 N–H and O–H groups in total. The van der Waals surface area contributed by atoms with Crippen molar-refractivity contribution in [2.45, 2.75) is 0 Å². The number of rotatable bonds is 4. The quantitative estimate of drug-likeness (QED) is 0.429. The maximum absolute atomic E-state index is 11.4. The van der Waals surface area contributed by atoms with Gasteiger partial charge in [-0.05, 0) is 18.2 Å². The average Bonchev–Trinajstić information content (AvgIpc) is 2.29. The van der Waals surface area contributed by atoms with E-state index in [1.807, 2.05) is 0 Å². The van der Waals surface area contributed by atoms with Crippen LogP contribution in [0.15, 0.2) is 18.2 Å². The van der Waals surface area contributed by atoms with Crippen molar-refractivity contribution in [1.82, 2.24) is 0 Å². The molecule has 0 aliphatic rings. The summed E-state index contributed by atoms with van der Waals surface area (Å²) in [7, 11) is 4.15. The third kappa shape index (κ3) is 2.60. The molecule has 0 heterocycles. The molecule has 0 aliphatic carbocycles. The van der Waals surface area contributed by atoms with Gasteiger partial charge in [-0.15, -0.1) is 0 Å². The van der Waals surface area contributed by atoms with E-state index < -0.39 is 5.97 Å². The maximum atomic E-state index is 11.4. The van der Waals surface area contributed by atoms with Gasteiger partial charge in [-0.1, -0.05) is 0 Å². The normalized spacial score (nSPS) is 9.53. The molecule has 82 valence electrons. The van der Waals surface area contributed by atoms with Crippen molar-refractivity contribution >= 4 is 5.97 Å². The van der Waals surface area contributed by atoms with Gasteiger partial charge in [0.05, 0.1) is 21.3 Å². The molecule has 0 bridgehead atoms. The van der Waals surface area contributed by atoms with Crippen LogP contribution in [0.3, 0.4) is 0 Å². The number of ether oxygens (including phenoxy) is 2. The van der Waals surface area contributed by atoms with E-state index in [2.05, 4.69) is 9.62 Å². The zero-order valence-electron chi connectivity index (χ0n) is 8.77. The molecule has 5 heteroatoms. The van der Waals surface area contributed by atoms with Gasteiger partial charge in [0.2, 0.25) is 0 Å².